The van der Waals surface area contributed by atoms with Crippen LogP contribution in [0, 0.1) is 0 Å². The van der Waals surface area contributed by atoms with Crippen molar-refractivity contribution in [2.75, 3.05) is 7.11 Å². The molecule has 0 amide bonds. The van der Waals surface area contributed by atoms with Gasteiger partial charge in [-0.05, 0) is 89.9 Å². The molecule has 298 valence electrons. The highest BCUT2D eigenvalue weighted by Gasteiger charge is 2.67. The van der Waals surface area contributed by atoms with Gasteiger partial charge in [-0.2, -0.15) is 0 Å². The van der Waals surface area contributed by atoms with Gasteiger partial charge < -0.3 is 19.7 Å². The summed E-state index contributed by atoms with van der Waals surface area (Å²) in [5.74, 6) is -3.40. The Morgan fingerprint density at radius 2 is 1.07 bits per heavy atom. The van der Waals surface area contributed by atoms with Gasteiger partial charge in [0.2, 0.25) is 11.2 Å². The topological polar surface area (TPSA) is 110 Å². The fourth-order valence-corrected chi connectivity index (χ4v) is 7.52. The van der Waals surface area contributed by atoms with E-state index in [0.717, 1.165) is 96.0 Å². The lowest BCUT2D eigenvalue weighted by Gasteiger charge is -2.21. The lowest BCUT2D eigenvalue weighted by Crippen LogP contribution is -2.46. The number of fused-ring (bicyclic) bond motifs is 2. The van der Waals surface area contributed by atoms with E-state index in [4.69, 9.17) is 9.47 Å². The number of carbonyl (C=O) groups is 3. The van der Waals surface area contributed by atoms with Crippen molar-refractivity contribution in [1.82, 2.24) is 0 Å². The first-order chi connectivity index (χ1) is 26.4. The molecule has 1 aliphatic heterocycles. The predicted molar refractivity (Wildman–Crippen MR) is 219 cm³/mol. The first kappa shape index (κ1) is 44.5. The van der Waals surface area contributed by atoms with Gasteiger partial charge in [-0.15, -0.1) is 0 Å². The molecule has 3 rings (SSSR count). The van der Waals surface area contributed by atoms with E-state index in [2.05, 4.69) is 62.5 Å². The monoisotopic (exact) mass is 744 g/mol. The molecule has 7 nitrogen and oxygen atoms in total. The van der Waals surface area contributed by atoms with Crippen molar-refractivity contribution >= 4 is 17.5 Å². The summed E-state index contributed by atoms with van der Waals surface area (Å²) in [6.45, 7) is 4.44. The third-order valence-corrected chi connectivity index (χ3v) is 10.6. The number of aromatic hydroxyl groups is 2. The van der Waals surface area contributed by atoms with Crippen molar-refractivity contribution < 1.29 is 34.1 Å². The number of unbranched alkanes of at least 4 members (excludes halogenated alkanes) is 16. The van der Waals surface area contributed by atoms with E-state index in [-0.39, 0.29) is 34.6 Å². The normalized spacial score (nSPS) is 17.2. The predicted octanol–water partition coefficient (Wildman–Crippen LogP) is 12.1. The van der Waals surface area contributed by atoms with Crippen LogP contribution in [0.5, 0.6) is 17.2 Å². The molecule has 7 heteroatoms. The molecule has 1 aromatic carbocycles. The van der Waals surface area contributed by atoms with Crippen LogP contribution in [0.3, 0.4) is 0 Å². The van der Waals surface area contributed by atoms with Gasteiger partial charge in [0.1, 0.15) is 5.75 Å². The van der Waals surface area contributed by atoms with Gasteiger partial charge in [-0.25, -0.2) is 4.79 Å². The Labute approximate surface area is 325 Å². The first-order valence-electron chi connectivity index (χ1n) is 21.1. The highest BCUT2D eigenvalue weighted by atomic mass is 16.5. The number of hydrogen-bond donors (Lipinski definition) is 2. The minimum Gasteiger partial charge on any atom is -0.504 e. The van der Waals surface area contributed by atoms with Gasteiger partial charge in [0.15, 0.2) is 23.0 Å². The quantitative estimate of drug-likeness (QED) is 0.0210. The van der Waals surface area contributed by atoms with Crippen molar-refractivity contribution in [3.8, 4) is 17.2 Å². The molecule has 1 atom stereocenters. The lowest BCUT2D eigenvalue weighted by atomic mass is 9.73. The van der Waals surface area contributed by atoms with Crippen LogP contribution in [-0.2, 0) is 31.0 Å². The Hall–Kier alpha value is -3.87. The Balaban J connectivity index is 1.50. The summed E-state index contributed by atoms with van der Waals surface area (Å²) < 4.78 is 11.0. The largest absolute Gasteiger partial charge is 0.504 e. The van der Waals surface area contributed by atoms with E-state index in [9.17, 15) is 24.6 Å². The fourth-order valence-electron chi connectivity index (χ4n) is 7.52. The number of ketones is 2. The van der Waals surface area contributed by atoms with Gasteiger partial charge in [-0.3, -0.25) is 9.59 Å². The van der Waals surface area contributed by atoms with E-state index in [0.29, 0.717) is 19.3 Å². The first-order valence-corrected chi connectivity index (χ1v) is 21.1. The zero-order valence-electron chi connectivity index (χ0n) is 33.6. The van der Waals surface area contributed by atoms with Crippen LogP contribution in [0.4, 0.5) is 0 Å². The minimum atomic E-state index is -2.25. The maximum atomic E-state index is 14.2. The molecule has 54 heavy (non-hydrogen) atoms. The smallest absolute Gasteiger partial charge is 0.338 e. The summed E-state index contributed by atoms with van der Waals surface area (Å²) >= 11 is 0. The van der Waals surface area contributed by atoms with Crippen molar-refractivity contribution in [3.63, 3.8) is 0 Å². The summed E-state index contributed by atoms with van der Waals surface area (Å²) in [4.78, 5) is 41.8. The fraction of sp³-hybridized carbons (Fsp3) is 0.596. The maximum Gasteiger partial charge on any atom is 0.338 e. The molecular formula is C47H68O7. The molecule has 0 radical (unpaired) electrons. The van der Waals surface area contributed by atoms with Gasteiger partial charge in [0.25, 0.3) is 0 Å². The lowest BCUT2D eigenvalue weighted by molar-refractivity contribution is -0.146. The van der Waals surface area contributed by atoms with Crippen molar-refractivity contribution in [3.05, 3.63) is 77.1 Å². The Morgan fingerprint density at radius 1 is 0.611 bits per heavy atom. The molecule has 2 aliphatic rings. The van der Waals surface area contributed by atoms with Gasteiger partial charge in [0.05, 0.1) is 7.11 Å². The third-order valence-electron chi connectivity index (χ3n) is 10.6. The van der Waals surface area contributed by atoms with Crippen molar-refractivity contribution in [2.24, 2.45) is 0 Å². The van der Waals surface area contributed by atoms with Crippen LogP contribution in [-0.4, -0.2) is 34.9 Å². The second kappa shape index (κ2) is 25.3. The molecule has 0 saturated carbocycles. The summed E-state index contributed by atoms with van der Waals surface area (Å²) in [7, 11) is 1.34. The molecule has 0 aromatic heterocycles. The van der Waals surface area contributed by atoms with Crippen LogP contribution >= 0.6 is 0 Å². The molecule has 1 aliphatic carbocycles. The number of ether oxygens (including phenoxy) is 2. The van der Waals surface area contributed by atoms with Crippen molar-refractivity contribution in [2.45, 2.75) is 173 Å². The highest BCUT2D eigenvalue weighted by Crippen LogP contribution is 2.54. The number of phenolic OH excluding ortho intramolecular Hbond substituents is 2. The number of rotatable bonds is 29. The van der Waals surface area contributed by atoms with Crippen LogP contribution < -0.4 is 4.74 Å². The molecule has 1 aromatic rings. The van der Waals surface area contributed by atoms with E-state index < -0.39 is 34.4 Å². The molecule has 1 spiro atoms. The molecule has 1 unspecified atom stereocenters. The van der Waals surface area contributed by atoms with Crippen molar-refractivity contribution in [1.29, 1.82) is 0 Å². The summed E-state index contributed by atoms with van der Waals surface area (Å²) in [6.07, 6.45) is 41.9. The molecule has 2 N–H and O–H groups in total. The van der Waals surface area contributed by atoms with E-state index in [1.54, 1.807) is 0 Å². The van der Waals surface area contributed by atoms with Crippen LogP contribution in [0.25, 0.3) is 0 Å². The van der Waals surface area contributed by atoms with Gasteiger partial charge in [-0.1, -0.05) is 127 Å². The highest BCUT2D eigenvalue weighted by molar-refractivity contribution is 6.42. The van der Waals surface area contributed by atoms with Crippen LogP contribution in [0.15, 0.2) is 66.0 Å². The molecule has 1 heterocycles. The second-order valence-electron chi connectivity index (χ2n) is 14.9. The number of Topliss-reactive ketones (excluding diaryl/α,β-unsaturated/α-hetero) is 2. The van der Waals surface area contributed by atoms with E-state index >= 15 is 0 Å². The summed E-state index contributed by atoms with van der Waals surface area (Å²) in [5, 5.41) is 21.5. The van der Waals surface area contributed by atoms with E-state index in [1.807, 2.05) is 0 Å². The average molecular weight is 745 g/mol. The second-order valence-corrected chi connectivity index (χ2v) is 14.9. The number of phenols is 2. The zero-order chi connectivity index (χ0) is 39.0. The summed E-state index contributed by atoms with van der Waals surface area (Å²) in [5.41, 5.74) is -1.76. The number of carbonyl (C=O) groups excluding carboxylic acids is 3. The van der Waals surface area contributed by atoms with Crippen LogP contribution in [0.2, 0.25) is 0 Å². The maximum absolute atomic E-state index is 14.2. The molecule has 0 bridgehead atoms. The van der Waals surface area contributed by atoms with Gasteiger partial charge in [0, 0.05) is 22.8 Å². The summed E-state index contributed by atoms with van der Waals surface area (Å²) in [6, 6.07) is 1.13. The number of allylic oxidation sites excluding steroid dienone is 10. The number of benzene rings is 1. The SMILES string of the molecule is CCCCC/C=C\C/C=C\CCCCCCCC1=C(OC)C(=O)C2(C(=O)Oc3cc(O)c(O)c(CCCCCCC/C=C\C/C=C\CCCCC)c32)C1=O. The molecule has 0 saturated heterocycles. The standard InChI is InChI=1S/C47H68O7/c1-4-6-8-10-12-14-16-18-20-22-24-26-28-30-32-34-37-41-40(36-39(48)42(37)49)54-46(52)47(41)44(50)38(43(53-3)45(47)51)35-33-31-29-27-25-23-21-19-17-15-13-11-9-7-5-2/h12-15,18-21,36,48-49H,4-11,16-17,22-35H2,1-3H3/b14-12-,15-13-,20-18-,21-19-. The number of hydrogen-bond acceptors (Lipinski definition) is 7. The molecular weight excluding hydrogens is 677 g/mol. The Kier molecular flexibility index (Phi) is 20.8. The zero-order valence-corrected chi connectivity index (χ0v) is 33.6. The van der Waals surface area contributed by atoms with E-state index in [1.165, 1.54) is 45.6 Å². The third kappa shape index (κ3) is 12.6. The van der Waals surface area contributed by atoms with Gasteiger partial charge >= 0.3 is 5.97 Å². The number of methoxy groups -OCH3 is 1. The van der Waals surface area contributed by atoms with Crippen LogP contribution in [0.1, 0.15) is 173 Å². The minimum absolute atomic E-state index is 0.0525. The number of esters is 1. The average Bonchev–Trinajstić information content (AvgIpc) is 3.57. The molecule has 0 fully saturated rings. The Morgan fingerprint density at radius 3 is 1.57 bits per heavy atom. The Bertz CT molecular complexity index is 1490.